The summed E-state index contributed by atoms with van der Waals surface area (Å²) < 4.78 is 17.1. The van der Waals surface area contributed by atoms with E-state index in [9.17, 15) is 14.0 Å². The molecule has 0 unspecified atom stereocenters. The Morgan fingerprint density at radius 2 is 1.88 bits per heavy atom. The minimum Gasteiger partial charge on any atom is -0.454 e. The van der Waals surface area contributed by atoms with Crippen LogP contribution in [0.25, 0.3) is 22.2 Å². The third kappa shape index (κ3) is 4.63. The van der Waals surface area contributed by atoms with Crippen LogP contribution in [0.2, 0.25) is 0 Å². The molecule has 1 aromatic heterocycles. The fourth-order valence-electron chi connectivity index (χ4n) is 2.04. The van der Waals surface area contributed by atoms with E-state index in [2.05, 4.69) is 14.7 Å². The standard InChI is InChI=1S/C14H9FN2O.C3H5ClO2/c15-10-7-5-9(6-8-10)13-11-3-1-2-4-12(11)16-14(18)17-13;1-2-6-3(4)5/h1-8H,(H,16,17,18);2H2,1H3. The van der Waals surface area contributed by atoms with Crippen molar-refractivity contribution in [3.8, 4) is 11.3 Å². The first-order valence-corrected chi connectivity index (χ1v) is 7.46. The summed E-state index contributed by atoms with van der Waals surface area (Å²) in [7, 11) is 0. The maximum Gasteiger partial charge on any atom is 0.403 e. The van der Waals surface area contributed by atoms with Crippen molar-refractivity contribution in [2.75, 3.05) is 6.61 Å². The van der Waals surface area contributed by atoms with Crippen LogP contribution in [-0.2, 0) is 4.74 Å². The number of aromatic amines is 1. The molecule has 1 heterocycles. The molecule has 0 atom stereocenters. The predicted molar refractivity (Wildman–Crippen MR) is 90.6 cm³/mol. The van der Waals surface area contributed by atoms with Crippen molar-refractivity contribution in [1.82, 2.24) is 9.97 Å². The van der Waals surface area contributed by atoms with Gasteiger partial charge in [0.25, 0.3) is 0 Å². The zero-order valence-electron chi connectivity index (χ0n) is 12.8. The fourth-order valence-corrected chi connectivity index (χ4v) is 2.15. The molecule has 3 aromatic rings. The van der Waals surface area contributed by atoms with Crippen LogP contribution in [0.1, 0.15) is 6.92 Å². The topological polar surface area (TPSA) is 72.1 Å². The third-order valence-electron chi connectivity index (χ3n) is 3.01. The van der Waals surface area contributed by atoms with Gasteiger partial charge in [0.15, 0.2) is 0 Å². The molecule has 2 aromatic carbocycles. The van der Waals surface area contributed by atoms with Crippen LogP contribution in [-0.4, -0.2) is 22.0 Å². The van der Waals surface area contributed by atoms with Gasteiger partial charge in [0.05, 0.1) is 17.8 Å². The van der Waals surface area contributed by atoms with Gasteiger partial charge in [-0.25, -0.2) is 14.0 Å². The SMILES string of the molecule is CCOC(=O)Cl.O=c1nc(-c2ccc(F)cc2)c2ccccc2[nH]1. The quantitative estimate of drug-likeness (QED) is 0.707. The number of nitrogens with one attached hydrogen (secondary N) is 1. The first-order valence-electron chi connectivity index (χ1n) is 7.08. The van der Waals surface area contributed by atoms with Crippen molar-refractivity contribution in [2.45, 2.75) is 6.92 Å². The second-order valence-electron chi connectivity index (χ2n) is 4.61. The van der Waals surface area contributed by atoms with Gasteiger partial charge in [0.1, 0.15) is 5.82 Å². The van der Waals surface area contributed by atoms with E-state index in [1.54, 1.807) is 19.1 Å². The lowest BCUT2D eigenvalue weighted by atomic mass is 10.1. The van der Waals surface area contributed by atoms with Crippen molar-refractivity contribution in [1.29, 1.82) is 0 Å². The number of hydrogen-bond acceptors (Lipinski definition) is 4. The number of carbonyl (C=O) groups is 1. The van der Waals surface area contributed by atoms with E-state index < -0.39 is 11.1 Å². The van der Waals surface area contributed by atoms with Crippen LogP contribution in [0.5, 0.6) is 0 Å². The van der Waals surface area contributed by atoms with Gasteiger partial charge in [0.2, 0.25) is 0 Å². The van der Waals surface area contributed by atoms with E-state index in [1.807, 2.05) is 24.3 Å². The Bertz CT molecular complexity index is 894. The molecule has 5 nitrogen and oxygen atoms in total. The van der Waals surface area contributed by atoms with Gasteiger partial charge in [-0.3, -0.25) is 0 Å². The third-order valence-corrected chi connectivity index (χ3v) is 3.12. The molecule has 0 fully saturated rings. The zero-order chi connectivity index (χ0) is 17.5. The Morgan fingerprint density at radius 1 is 1.21 bits per heavy atom. The summed E-state index contributed by atoms with van der Waals surface area (Å²) in [6, 6.07) is 13.3. The second kappa shape index (κ2) is 8.21. The number of nitrogens with zero attached hydrogens (tertiary/aromatic N) is 1. The molecule has 0 spiro atoms. The molecular formula is C17H14ClFN2O3. The van der Waals surface area contributed by atoms with Gasteiger partial charge < -0.3 is 9.72 Å². The number of carbonyl (C=O) groups excluding carboxylic acids is 1. The Balaban J connectivity index is 0.000000301. The molecule has 1 N–H and O–H groups in total. The van der Waals surface area contributed by atoms with Crippen LogP contribution in [0.3, 0.4) is 0 Å². The molecule has 0 saturated carbocycles. The molecule has 0 aliphatic carbocycles. The van der Waals surface area contributed by atoms with Crippen LogP contribution >= 0.6 is 11.6 Å². The molecule has 7 heteroatoms. The second-order valence-corrected chi connectivity index (χ2v) is 4.92. The largest absolute Gasteiger partial charge is 0.454 e. The van der Waals surface area contributed by atoms with Gasteiger partial charge in [-0.2, -0.15) is 4.98 Å². The lowest BCUT2D eigenvalue weighted by molar-refractivity contribution is 0.180. The summed E-state index contributed by atoms with van der Waals surface area (Å²) in [5, 5.41) is 0.837. The normalized spacial score (nSPS) is 9.96. The Kier molecular flexibility index (Phi) is 6.03. The smallest absolute Gasteiger partial charge is 0.403 e. The zero-order valence-corrected chi connectivity index (χ0v) is 13.5. The molecule has 124 valence electrons. The fraction of sp³-hybridized carbons (Fsp3) is 0.118. The Hall–Kier alpha value is -2.73. The van der Waals surface area contributed by atoms with E-state index >= 15 is 0 Å². The lowest BCUT2D eigenvalue weighted by Gasteiger charge is -2.04. The van der Waals surface area contributed by atoms with E-state index in [1.165, 1.54) is 12.1 Å². The number of fused-ring (bicyclic) bond motifs is 1. The lowest BCUT2D eigenvalue weighted by Crippen LogP contribution is -2.11. The summed E-state index contributed by atoms with van der Waals surface area (Å²) >= 11 is 4.72. The minimum absolute atomic E-state index is 0.312. The number of H-pyrrole nitrogens is 1. The molecule has 24 heavy (non-hydrogen) atoms. The number of ether oxygens (including phenoxy) is 1. The highest BCUT2D eigenvalue weighted by Gasteiger charge is 2.07. The number of benzene rings is 2. The number of rotatable bonds is 2. The van der Waals surface area contributed by atoms with Crippen molar-refractivity contribution in [3.63, 3.8) is 0 Å². The van der Waals surface area contributed by atoms with E-state index in [-0.39, 0.29) is 5.82 Å². The van der Waals surface area contributed by atoms with Crippen LogP contribution in [0.4, 0.5) is 9.18 Å². The molecular weight excluding hydrogens is 335 g/mol. The highest BCUT2D eigenvalue weighted by Crippen LogP contribution is 2.23. The van der Waals surface area contributed by atoms with Gasteiger partial charge >= 0.3 is 11.1 Å². The highest BCUT2D eigenvalue weighted by molar-refractivity contribution is 6.61. The number of hydrogen-bond donors (Lipinski definition) is 1. The van der Waals surface area contributed by atoms with E-state index in [0.29, 0.717) is 12.3 Å². The summed E-state index contributed by atoms with van der Waals surface area (Å²) in [5.74, 6) is -0.312. The predicted octanol–water partition coefficient (Wildman–Crippen LogP) is 4.11. The van der Waals surface area contributed by atoms with Crippen LogP contribution < -0.4 is 5.69 Å². The molecule has 0 radical (unpaired) electrons. The van der Waals surface area contributed by atoms with Gasteiger partial charge in [-0.05, 0) is 37.3 Å². The van der Waals surface area contributed by atoms with Crippen LogP contribution in [0, 0.1) is 5.82 Å². The molecule has 3 rings (SSSR count). The number of halogens is 2. The average molecular weight is 349 g/mol. The molecule has 0 aliphatic heterocycles. The van der Waals surface area contributed by atoms with E-state index in [4.69, 9.17) is 11.6 Å². The molecule has 0 saturated heterocycles. The molecule has 0 bridgehead atoms. The van der Waals surface area contributed by atoms with Crippen molar-refractivity contribution in [3.05, 3.63) is 64.8 Å². The average Bonchev–Trinajstić information content (AvgIpc) is 2.55. The minimum atomic E-state index is -0.738. The maximum absolute atomic E-state index is 12.9. The number of para-hydroxylation sites is 1. The monoisotopic (exact) mass is 348 g/mol. The maximum atomic E-state index is 12.9. The first-order chi connectivity index (χ1) is 11.5. The molecule has 0 amide bonds. The summed E-state index contributed by atoms with van der Waals surface area (Å²) in [6.07, 6.45) is 0. The van der Waals surface area contributed by atoms with Gasteiger partial charge in [-0.1, -0.05) is 18.2 Å². The Labute approximate surface area is 142 Å². The van der Waals surface area contributed by atoms with Crippen molar-refractivity contribution < 1.29 is 13.9 Å². The summed E-state index contributed by atoms with van der Waals surface area (Å²) in [4.78, 5) is 27.7. The summed E-state index contributed by atoms with van der Waals surface area (Å²) in [5.41, 5.74) is 0.857. The van der Waals surface area contributed by atoms with Gasteiger partial charge in [-0.15, -0.1) is 0 Å². The number of aromatic nitrogens is 2. The van der Waals surface area contributed by atoms with Crippen molar-refractivity contribution in [2.24, 2.45) is 0 Å². The first kappa shape index (κ1) is 17.6. The Morgan fingerprint density at radius 3 is 2.46 bits per heavy atom. The van der Waals surface area contributed by atoms with E-state index in [0.717, 1.165) is 16.5 Å². The molecule has 0 aliphatic rings. The van der Waals surface area contributed by atoms with Crippen LogP contribution in [0.15, 0.2) is 53.3 Å². The highest BCUT2D eigenvalue weighted by atomic mass is 35.5. The summed E-state index contributed by atoms with van der Waals surface area (Å²) in [6.45, 7) is 2.04. The van der Waals surface area contributed by atoms with Gasteiger partial charge in [0, 0.05) is 22.6 Å². The van der Waals surface area contributed by atoms with Crippen molar-refractivity contribution >= 4 is 27.9 Å².